The molecule has 0 saturated carbocycles. The van der Waals surface area contributed by atoms with E-state index in [4.69, 9.17) is 9.47 Å². The highest BCUT2D eigenvalue weighted by atomic mass is 16.5. The number of nitrogens with zero attached hydrogens (tertiary/aromatic N) is 4. The SMILES string of the molecule is COc1ccc(/C=C/C(=O)NCCNc2cc(-n3nc(C)cc3C)nc(C)n2)cc1OC. The summed E-state index contributed by atoms with van der Waals surface area (Å²) in [5.41, 5.74) is 2.77. The van der Waals surface area contributed by atoms with E-state index in [0.717, 1.165) is 17.0 Å². The lowest BCUT2D eigenvalue weighted by Gasteiger charge is -2.10. The van der Waals surface area contributed by atoms with Gasteiger partial charge in [-0.05, 0) is 50.6 Å². The van der Waals surface area contributed by atoms with Crippen molar-refractivity contribution >= 4 is 17.8 Å². The molecule has 0 unspecified atom stereocenters. The van der Waals surface area contributed by atoms with Crippen LogP contribution in [0.4, 0.5) is 5.82 Å². The van der Waals surface area contributed by atoms with Crippen molar-refractivity contribution in [1.82, 2.24) is 25.1 Å². The smallest absolute Gasteiger partial charge is 0.244 e. The minimum atomic E-state index is -0.191. The Balaban J connectivity index is 1.52. The fraction of sp³-hybridized carbons (Fsp3) is 0.304. The summed E-state index contributed by atoms with van der Waals surface area (Å²) in [6.07, 6.45) is 3.20. The van der Waals surface area contributed by atoms with Crippen LogP contribution in [0.2, 0.25) is 0 Å². The van der Waals surface area contributed by atoms with Crippen LogP contribution in [0.15, 0.2) is 36.4 Å². The van der Waals surface area contributed by atoms with Crippen molar-refractivity contribution in [2.45, 2.75) is 20.8 Å². The Morgan fingerprint density at radius 3 is 2.50 bits per heavy atom. The zero-order valence-corrected chi connectivity index (χ0v) is 19.0. The number of carbonyl (C=O) groups is 1. The molecule has 0 radical (unpaired) electrons. The molecule has 0 aliphatic heterocycles. The number of rotatable bonds is 9. The first-order valence-corrected chi connectivity index (χ1v) is 10.2. The van der Waals surface area contributed by atoms with Gasteiger partial charge in [0.1, 0.15) is 11.6 Å². The summed E-state index contributed by atoms with van der Waals surface area (Å²) in [7, 11) is 3.15. The number of amides is 1. The van der Waals surface area contributed by atoms with Crippen molar-refractivity contribution < 1.29 is 14.3 Å². The predicted octanol–water partition coefficient (Wildman–Crippen LogP) is 2.85. The Morgan fingerprint density at radius 1 is 1.03 bits per heavy atom. The van der Waals surface area contributed by atoms with Gasteiger partial charge in [0.2, 0.25) is 5.91 Å². The number of aromatic nitrogens is 4. The summed E-state index contributed by atoms with van der Waals surface area (Å²) < 4.78 is 12.3. The minimum Gasteiger partial charge on any atom is -0.493 e. The molecule has 0 bridgehead atoms. The second kappa shape index (κ2) is 10.4. The van der Waals surface area contributed by atoms with Crippen molar-refractivity contribution in [3.63, 3.8) is 0 Å². The molecule has 2 heterocycles. The molecule has 0 atom stereocenters. The van der Waals surface area contributed by atoms with Crippen molar-refractivity contribution in [3.05, 3.63) is 59.2 Å². The van der Waals surface area contributed by atoms with Crippen LogP contribution in [0.1, 0.15) is 22.8 Å². The van der Waals surface area contributed by atoms with Gasteiger partial charge in [0.15, 0.2) is 17.3 Å². The number of carbonyl (C=O) groups excluding carboxylic acids is 1. The molecule has 2 aromatic heterocycles. The number of hydrogen-bond donors (Lipinski definition) is 2. The van der Waals surface area contributed by atoms with Crippen LogP contribution in [0.5, 0.6) is 11.5 Å². The highest BCUT2D eigenvalue weighted by Gasteiger charge is 2.08. The van der Waals surface area contributed by atoms with Crippen LogP contribution in [0.25, 0.3) is 11.9 Å². The number of benzene rings is 1. The van der Waals surface area contributed by atoms with Crippen molar-refractivity contribution in [3.8, 4) is 17.3 Å². The molecule has 1 amide bonds. The Morgan fingerprint density at radius 2 is 1.81 bits per heavy atom. The monoisotopic (exact) mass is 436 g/mol. The summed E-state index contributed by atoms with van der Waals surface area (Å²) in [5.74, 6) is 3.08. The topological polar surface area (TPSA) is 103 Å². The number of ether oxygens (including phenoxy) is 2. The summed E-state index contributed by atoms with van der Waals surface area (Å²) in [5, 5.41) is 10.5. The van der Waals surface area contributed by atoms with Gasteiger partial charge in [0.25, 0.3) is 0 Å². The van der Waals surface area contributed by atoms with Gasteiger partial charge in [0.05, 0.1) is 19.9 Å². The number of aryl methyl sites for hydroxylation is 3. The van der Waals surface area contributed by atoms with Gasteiger partial charge in [-0.15, -0.1) is 0 Å². The van der Waals surface area contributed by atoms with E-state index in [1.165, 1.54) is 6.08 Å². The quantitative estimate of drug-likeness (QED) is 0.393. The zero-order chi connectivity index (χ0) is 23.1. The molecule has 2 N–H and O–H groups in total. The summed E-state index contributed by atoms with van der Waals surface area (Å²) in [4.78, 5) is 21.0. The second-order valence-electron chi connectivity index (χ2n) is 7.16. The molecule has 32 heavy (non-hydrogen) atoms. The standard InChI is InChI=1S/C23H28N6O3/c1-15-12-16(2)29(28-15)22-14-21(26-17(3)27-22)24-10-11-25-23(30)9-7-18-6-8-19(31-4)20(13-18)32-5/h6-9,12-14H,10-11H2,1-5H3,(H,25,30)(H,24,26,27)/b9-7+. The molecule has 0 spiro atoms. The lowest BCUT2D eigenvalue weighted by Crippen LogP contribution is -2.27. The highest BCUT2D eigenvalue weighted by Crippen LogP contribution is 2.27. The Bertz CT molecular complexity index is 1120. The fourth-order valence-electron chi connectivity index (χ4n) is 3.18. The van der Waals surface area contributed by atoms with E-state index in [-0.39, 0.29) is 5.91 Å². The van der Waals surface area contributed by atoms with Crippen molar-refractivity contribution in [1.29, 1.82) is 0 Å². The average Bonchev–Trinajstić information content (AvgIpc) is 3.12. The fourth-order valence-corrected chi connectivity index (χ4v) is 3.18. The maximum atomic E-state index is 12.1. The molecule has 9 heteroatoms. The maximum absolute atomic E-state index is 12.1. The molecule has 0 aliphatic carbocycles. The van der Waals surface area contributed by atoms with Gasteiger partial charge in [-0.2, -0.15) is 5.10 Å². The zero-order valence-electron chi connectivity index (χ0n) is 19.0. The van der Waals surface area contributed by atoms with Gasteiger partial charge in [0, 0.05) is 30.9 Å². The van der Waals surface area contributed by atoms with Gasteiger partial charge in [-0.25, -0.2) is 14.6 Å². The lowest BCUT2D eigenvalue weighted by atomic mass is 10.2. The number of hydrogen-bond acceptors (Lipinski definition) is 7. The van der Waals surface area contributed by atoms with Crippen LogP contribution in [0.3, 0.4) is 0 Å². The third-order valence-corrected chi connectivity index (χ3v) is 4.62. The molecule has 0 fully saturated rings. The molecular weight excluding hydrogens is 408 g/mol. The molecule has 3 rings (SSSR count). The molecule has 168 valence electrons. The van der Waals surface area contributed by atoms with E-state index in [9.17, 15) is 4.79 Å². The van der Waals surface area contributed by atoms with E-state index in [2.05, 4.69) is 25.7 Å². The van der Waals surface area contributed by atoms with Crippen LogP contribution >= 0.6 is 0 Å². The maximum Gasteiger partial charge on any atom is 0.244 e. The Hall–Kier alpha value is -3.88. The van der Waals surface area contributed by atoms with Gasteiger partial charge in [-0.1, -0.05) is 6.07 Å². The first-order chi connectivity index (χ1) is 15.4. The molecular formula is C23H28N6O3. The predicted molar refractivity (Wildman–Crippen MR) is 123 cm³/mol. The van der Waals surface area contributed by atoms with Crippen molar-refractivity contribution in [2.75, 3.05) is 32.6 Å². The molecule has 1 aromatic carbocycles. The number of anilines is 1. The van der Waals surface area contributed by atoms with Gasteiger partial charge < -0.3 is 20.1 Å². The first kappa shape index (κ1) is 22.8. The van der Waals surface area contributed by atoms with E-state index in [0.29, 0.717) is 42.0 Å². The van der Waals surface area contributed by atoms with E-state index >= 15 is 0 Å². The Labute approximate surface area is 187 Å². The van der Waals surface area contributed by atoms with Crippen LogP contribution in [0, 0.1) is 20.8 Å². The third-order valence-electron chi connectivity index (χ3n) is 4.62. The minimum absolute atomic E-state index is 0.191. The third kappa shape index (κ3) is 5.84. The Kier molecular flexibility index (Phi) is 7.43. The van der Waals surface area contributed by atoms with Crippen LogP contribution < -0.4 is 20.1 Å². The molecule has 9 nitrogen and oxygen atoms in total. The largest absolute Gasteiger partial charge is 0.493 e. The summed E-state index contributed by atoms with van der Waals surface area (Å²) in [6, 6.07) is 9.29. The normalized spacial score (nSPS) is 10.9. The number of methoxy groups -OCH3 is 2. The first-order valence-electron chi connectivity index (χ1n) is 10.2. The summed E-state index contributed by atoms with van der Waals surface area (Å²) >= 11 is 0. The molecule has 0 aliphatic rings. The average molecular weight is 437 g/mol. The molecule has 0 saturated heterocycles. The highest BCUT2D eigenvalue weighted by molar-refractivity contribution is 5.91. The van der Waals surface area contributed by atoms with Gasteiger partial charge >= 0.3 is 0 Å². The van der Waals surface area contributed by atoms with Gasteiger partial charge in [-0.3, -0.25) is 4.79 Å². The molecule has 3 aromatic rings. The number of nitrogens with one attached hydrogen (secondary N) is 2. The van der Waals surface area contributed by atoms with Crippen molar-refractivity contribution in [2.24, 2.45) is 0 Å². The van der Waals surface area contributed by atoms with E-state index in [1.807, 2.05) is 45.0 Å². The summed E-state index contributed by atoms with van der Waals surface area (Å²) in [6.45, 7) is 6.71. The van der Waals surface area contributed by atoms with Crippen LogP contribution in [-0.4, -0.2) is 53.0 Å². The van der Waals surface area contributed by atoms with E-state index in [1.54, 1.807) is 31.0 Å². The van der Waals surface area contributed by atoms with E-state index < -0.39 is 0 Å². The second-order valence-corrected chi connectivity index (χ2v) is 7.16. The lowest BCUT2D eigenvalue weighted by molar-refractivity contribution is -0.116. The van der Waals surface area contributed by atoms with Crippen LogP contribution in [-0.2, 0) is 4.79 Å².